The van der Waals surface area contributed by atoms with Gasteiger partial charge in [0.15, 0.2) is 0 Å². The van der Waals surface area contributed by atoms with Crippen LogP contribution >= 0.6 is 11.6 Å². The number of amides is 1. The molecular formula is C24H23ClNO6-. The van der Waals surface area contributed by atoms with Crippen LogP contribution in [0.1, 0.15) is 28.7 Å². The molecule has 7 nitrogen and oxygen atoms in total. The average molecular weight is 457 g/mol. The molecule has 0 fully saturated rings. The second kappa shape index (κ2) is 9.87. The zero-order valence-corrected chi connectivity index (χ0v) is 18.7. The minimum absolute atomic E-state index is 0.0590. The lowest BCUT2D eigenvalue weighted by Gasteiger charge is -2.20. The smallest absolute Gasteiger partial charge is 0.339 e. The number of halogens is 1. The van der Waals surface area contributed by atoms with Crippen molar-refractivity contribution in [1.29, 1.82) is 0 Å². The fourth-order valence-electron chi connectivity index (χ4n) is 3.64. The minimum Gasteiger partial charge on any atom is -0.548 e. The molecule has 1 heterocycles. The van der Waals surface area contributed by atoms with Crippen molar-refractivity contribution in [3.05, 3.63) is 74.1 Å². The van der Waals surface area contributed by atoms with Crippen molar-refractivity contribution < 1.29 is 23.8 Å². The molecular weight excluding hydrogens is 434 g/mol. The molecule has 32 heavy (non-hydrogen) atoms. The van der Waals surface area contributed by atoms with Crippen molar-refractivity contribution in [2.45, 2.75) is 39.2 Å². The van der Waals surface area contributed by atoms with Gasteiger partial charge in [0.1, 0.15) is 11.3 Å². The molecule has 1 N–H and O–H groups in total. The Morgan fingerprint density at radius 3 is 2.44 bits per heavy atom. The first-order valence-electron chi connectivity index (χ1n) is 10.1. The summed E-state index contributed by atoms with van der Waals surface area (Å²) in [6, 6.07) is 9.06. The van der Waals surface area contributed by atoms with Gasteiger partial charge in [0, 0.05) is 28.0 Å². The number of carboxylic acids is 1. The van der Waals surface area contributed by atoms with Crippen molar-refractivity contribution in [3.63, 3.8) is 0 Å². The summed E-state index contributed by atoms with van der Waals surface area (Å²) in [6.07, 6.45) is 0.0991. The SMILES string of the molecule is COc1ccc2c(C)c(CCC(=O)N[C@H](Cc3ccc(Cl)cc3)C(=O)[O-])c(=O)oc2c1C. The van der Waals surface area contributed by atoms with E-state index in [2.05, 4.69) is 5.32 Å². The predicted molar refractivity (Wildman–Crippen MR) is 119 cm³/mol. The maximum absolute atomic E-state index is 12.6. The number of aryl methyl sites for hydroxylation is 2. The molecule has 8 heteroatoms. The Morgan fingerprint density at radius 1 is 1.12 bits per heavy atom. The largest absolute Gasteiger partial charge is 0.548 e. The number of carbonyl (C=O) groups excluding carboxylic acids is 2. The van der Waals surface area contributed by atoms with Gasteiger partial charge in [-0.15, -0.1) is 0 Å². The summed E-state index contributed by atoms with van der Waals surface area (Å²) in [5, 5.41) is 15.2. The first-order chi connectivity index (χ1) is 15.2. The van der Waals surface area contributed by atoms with Gasteiger partial charge in [0.25, 0.3) is 0 Å². The molecule has 3 aromatic rings. The van der Waals surface area contributed by atoms with Crippen LogP contribution in [-0.2, 0) is 22.4 Å². The summed E-state index contributed by atoms with van der Waals surface area (Å²) in [5.41, 5.74) is 2.42. The number of carbonyl (C=O) groups is 2. The van der Waals surface area contributed by atoms with Crippen LogP contribution in [0.15, 0.2) is 45.6 Å². The van der Waals surface area contributed by atoms with Crippen LogP contribution in [-0.4, -0.2) is 25.0 Å². The lowest BCUT2D eigenvalue weighted by molar-refractivity contribution is -0.308. The number of nitrogens with one attached hydrogen (secondary N) is 1. The fraction of sp³-hybridized carbons (Fsp3) is 0.292. The predicted octanol–water partition coefficient (Wildman–Crippen LogP) is 2.48. The second-order valence-electron chi connectivity index (χ2n) is 7.53. The Balaban J connectivity index is 1.73. The van der Waals surface area contributed by atoms with Crippen molar-refractivity contribution in [1.82, 2.24) is 5.32 Å². The summed E-state index contributed by atoms with van der Waals surface area (Å²) in [5.74, 6) is -1.28. The van der Waals surface area contributed by atoms with Gasteiger partial charge in [0.05, 0.1) is 19.1 Å². The van der Waals surface area contributed by atoms with Crippen LogP contribution in [0.3, 0.4) is 0 Å². The van der Waals surface area contributed by atoms with Crippen LogP contribution in [0.2, 0.25) is 5.02 Å². The Bertz CT molecular complexity index is 1220. The Hall–Kier alpha value is -3.32. The van der Waals surface area contributed by atoms with Gasteiger partial charge in [0.2, 0.25) is 5.91 Å². The monoisotopic (exact) mass is 456 g/mol. The van der Waals surface area contributed by atoms with Crippen LogP contribution < -0.4 is 20.8 Å². The lowest BCUT2D eigenvalue weighted by atomic mass is 10.00. The van der Waals surface area contributed by atoms with E-state index in [-0.39, 0.29) is 19.3 Å². The summed E-state index contributed by atoms with van der Waals surface area (Å²) >= 11 is 5.84. The third-order valence-electron chi connectivity index (χ3n) is 5.45. The van der Waals surface area contributed by atoms with Gasteiger partial charge in [-0.1, -0.05) is 23.7 Å². The molecule has 0 spiro atoms. The lowest BCUT2D eigenvalue weighted by Crippen LogP contribution is -2.49. The highest BCUT2D eigenvalue weighted by Crippen LogP contribution is 2.29. The van der Waals surface area contributed by atoms with Gasteiger partial charge in [-0.05, 0) is 62.1 Å². The average Bonchev–Trinajstić information content (AvgIpc) is 2.75. The van der Waals surface area contributed by atoms with Crippen molar-refractivity contribution >= 4 is 34.4 Å². The van der Waals surface area contributed by atoms with Gasteiger partial charge in [-0.2, -0.15) is 0 Å². The first-order valence-corrected chi connectivity index (χ1v) is 10.4. The highest BCUT2D eigenvalue weighted by molar-refractivity contribution is 6.30. The molecule has 0 radical (unpaired) electrons. The second-order valence-corrected chi connectivity index (χ2v) is 7.97. The molecule has 2 aromatic carbocycles. The van der Waals surface area contributed by atoms with Gasteiger partial charge in [-0.3, -0.25) is 4.79 Å². The molecule has 0 aliphatic heterocycles. The molecule has 0 aliphatic rings. The third-order valence-corrected chi connectivity index (χ3v) is 5.70. The highest BCUT2D eigenvalue weighted by Gasteiger charge is 2.18. The Labute approximate surface area is 190 Å². The number of ether oxygens (including phenoxy) is 1. The molecule has 1 aromatic heterocycles. The van der Waals surface area contributed by atoms with Crippen molar-refractivity contribution in [2.24, 2.45) is 0 Å². The number of hydrogen-bond acceptors (Lipinski definition) is 6. The molecule has 0 bridgehead atoms. The molecule has 0 saturated heterocycles. The van der Waals surface area contributed by atoms with Crippen molar-refractivity contribution in [3.8, 4) is 5.75 Å². The standard InChI is InChI=1S/C24H24ClNO6/c1-13-17-8-10-20(31-3)14(2)22(17)32-24(30)18(13)9-11-21(27)26-19(23(28)29)12-15-4-6-16(25)7-5-15/h4-8,10,19H,9,11-12H2,1-3H3,(H,26,27)(H,28,29)/p-1/t19-/m1/s1. The van der Waals surface area contributed by atoms with Crippen LogP contribution in [0.25, 0.3) is 11.0 Å². The summed E-state index contributed by atoms with van der Waals surface area (Å²) in [6.45, 7) is 3.60. The van der Waals surface area contributed by atoms with E-state index in [4.69, 9.17) is 20.8 Å². The van der Waals surface area contributed by atoms with Crippen LogP contribution in [0, 0.1) is 13.8 Å². The maximum atomic E-state index is 12.6. The maximum Gasteiger partial charge on any atom is 0.339 e. The number of methoxy groups -OCH3 is 1. The number of fused-ring (bicyclic) bond motifs is 1. The molecule has 1 atom stereocenters. The van der Waals surface area contributed by atoms with E-state index in [0.29, 0.717) is 38.6 Å². The van der Waals surface area contributed by atoms with Crippen LogP contribution in [0.4, 0.5) is 0 Å². The Kier molecular flexibility index (Phi) is 7.20. The van der Waals surface area contributed by atoms with Gasteiger partial charge >= 0.3 is 5.63 Å². The number of hydrogen-bond donors (Lipinski definition) is 1. The number of rotatable bonds is 8. The molecule has 168 valence electrons. The molecule has 3 rings (SSSR count). The van der Waals surface area contributed by atoms with E-state index < -0.39 is 23.5 Å². The molecule has 0 aliphatic carbocycles. The Morgan fingerprint density at radius 2 is 1.81 bits per heavy atom. The summed E-state index contributed by atoms with van der Waals surface area (Å²) < 4.78 is 10.8. The zero-order valence-electron chi connectivity index (χ0n) is 18.0. The quantitative estimate of drug-likeness (QED) is 0.521. The minimum atomic E-state index is -1.39. The van der Waals surface area contributed by atoms with Gasteiger partial charge < -0.3 is 24.4 Å². The van der Waals surface area contributed by atoms with E-state index in [9.17, 15) is 19.5 Å². The van der Waals surface area contributed by atoms with E-state index in [1.165, 1.54) is 0 Å². The zero-order chi connectivity index (χ0) is 23.4. The van der Waals surface area contributed by atoms with Crippen molar-refractivity contribution in [2.75, 3.05) is 7.11 Å². The van der Waals surface area contributed by atoms with Gasteiger partial charge in [-0.25, -0.2) is 4.79 Å². The number of carboxylic acid groups (broad SMARTS) is 1. The highest BCUT2D eigenvalue weighted by atomic mass is 35.5. The van der Waals surface area contributed by atoms with E-state index in [1.807, 2.05) is 0 Å². The van der Waals surface area contributed by atoms with E-state index in [0.717, 1.165) is 5.39 Å². The number of aliphatic carboxylic acids is 1. The van der Waals surface area contributed by atoms with E-state index >= 15 is 0 Å². The third kappa shape index (κ3) is 5.11. The molecule has 0 saturated carbocycles. The normalized spacial score (nSPS) is 11.9. The molecule has 1 amide bonds. The topological polar surface area (TPSA) is 109 Å². The summed E-state index contributed by atoms with van der Waals surface area (Å²) in [7, 11) is 1.54. The van der Waals surface area contributed by atoms with Crippen LogP contribution in [0.5, 0.6) is 5.75 Å². The summed E-state index contributed by atoms with van der Waals surface area (Å²) in [4.78, 5) is 36.5. The first kappa shape index (κ1) is 23.3. The fourth-order valence-corrected chi connectivity index (χ4v) is 3.76. The number of benzene rings is 2. The molecule has 0 unspecified atom stereocenters. The van der Waals surface area contributed by atoms with E-state index in [1.54, 1.807) is 57.4 Å².